The van der Waals surface area contributed by atoms with Gasteiger partial charge in [-0.05, 0) is 34.0 Å². The zero-order valence-electron chi connectivity index (χ0n) is 11.4. The molecule has 0 aliphatic heterocycles. The topological polar surface area (TPSA) is 17.1 Å². The molecule has 0 bridgehead atoms. The number of hydrogen-bond donors (Lipinski definition) is 0. The van der Waals surface area contributed by atoms with Crippen molar-refractivity contribution in [3.05, 3.63) is 71.8 Å². The molecule has 0 spiro atoms. The molecule has 0 aliphatic rings. The first kappa shape index (κ1) is 14.3. The summed E-state index contributed by atoms with van der Waals surface area (Å²) >= 11 is 0. The molecule has 0 aliphatic carbocycles. The van der Waals surface area contributed by atoms with Gasteiger partial charge in [0.15, 0.2) is 6.29 Å². The zero-order chi connectivity index (χ0) is 15.7. The molecule has 110 valence electrons. The number of halogens is 3. The highest BCUT2D eigenvalue weighted by Gasteiger charge is 2.31. The molecule has 3 aromatic rings. The molecule has 0 heterocycles. The molecule has 4 heteroatoms. The van der Waals surface area contributed by atoms with E-state index in [2.05, 4.69) is 0 Å². The molecule has 0 aromatic heterocycles. The molecule has 0 N–H and O–H groups in total. The second-order valence-electron chi connectivity index (χ2n) is 4.94. The van der Waals surface area contributed by atoms with Gasteiger partial charge in [0.2, 0.25) is 0 Å². The Morgan fingerprint density at radius 3 is 2.27 bits per heavy atom. The minimum Gasteiger partial charge on any atom is -0.298 e. The Morgan fingerprint density at radius 1 is 0.818 bits per heavy atom. The summed E-state index contributed by atoms with van der Waals surface area (Å²) in [6.45, 7) is 0. The highest BCUT2D eigenvalue weighted by atomic mass is 19.4. The summed E-state index contributed by atoms with van der Waals surface area (Å²) in [4.78, 5) is 11.2. The van der Waals surface area contributed by atoms with Crippen LogP contribution < -0.4 is 0 Å². The monoisotopic (exact) mass is 300 g/mol. The van der Waals surface area contributed by atoms with Gasteiger partial charge in [-0.3, -0.25) is 4.79 Å². The van der Waals surface area contributed by atoms with Crippen LogP contribution in [0.15, 0.2) is 60.7 Å². The lowest BCUT2D eigenvalue weighted by molar-refractivity contribution is -0.137. The third kappa shape index (κ3) is 2.48. The molecular formula is C18H11F3O. The average molecular weight is 300 g/mol. The van der Waals surface area contributed by atoms with Crippen LogP contribution in [0, 0.1) is 0 Å². The number of fused-ring (bicyclic) bond motifs is 1. The molecule has 3 rings (SSSR count). The van der Waals surface area contributed by atoms with Gasteiger partial charge in [-0.1, -0.05) is 48.5 Å². The molecule has 0 amide bonds. The average Bonchev–Trinajstić information content (AvgIpc) is 2.53. The maximum atomic E-state index is 12.8. The Balaban J connectivity index is 2.25. The Morgan fingerprint density at radius 2 is 1.55 bits per heavy atom. The smallest absolute Gasteiger partial charge is 0.298 e. The lowest BCUT2D eigenvalue weighted by Crippen LogP contribution is -2.06. The summed E-state index contributed by atoms with van der Waals surface area (Å²) in [5, 5.41) is 1.87. The zero-order valence-corrected chi connectivity index (χ0v) is 11.4. The van der Waals surface area contributed by atoms with Gasteiger partial charge in [-0.25, -0.2) is 0 Å². The second kappa shape index (κ2) is 5.30. The third-order valence-corrected chi connectivity index (χ3v) is 3.59. The van der Waals surface area contributed by atoms with E-state index in [1.165, 1.54) is 6.07 Å². The minimum atomic E-state index is -4.46. The van der Waals surface area contributed by atoms with Crippen LogP contribution in [0.5, 0.6) is 0 Å². The van der Waals surface area contributed by atoms with Crippen LogP contribution in [0.4, 0.5) is 13.2 Å². The van der Waals surface area contributed by atoms with Crippen molar-refractivity contribution < 1.29 is 18.0 Å². The molecule has 1 nitrogen and oxygen atoms in total. The predicted octanol–water partition coefficient (Wildman–Crippen LogP) is 5.34. The summed E-state index contributed by atoms with van der Waals surface area (Å²) < 4.78 is 38.3. The molecule has 0 unspecified atom stereocenters. The number of rotatable bonds is 2. The van der Waals surface area contributed by atoms with Crippen LogP contribution in [-0.2, 0) is 6.18 Å². The predicted molar refractivity (Wildman–Crippen MR) is 79.8 cm³/mol. The fraction of sp³-hybridized carbons (Fsp3) is 0.0556. The first-order valence-electron chi connectivity index (χ1n) is 6.65. The number of hydrogen-bond acceptors (Lipinski definition) is 1. The van der Waals surface area contributed by atoms with Gasteiger partial charge in [0.1, 0.15) is 0 Å². The molecule has 0 fully saturated rings. The Hall–Kier alpha value is -2.62. The first-order valence-corrected chi connectivity index (χ1v) is 6.65. The van der Waals surface area contributed by atoms with E-state index >= 15 is 0 Å². The van der Waals surface area contributed by atoms with Crippen molar-refractivity contribution >= 4 is 17.1 Å². The third-order valence-electron chi connectivity index (χ3n) is 3.59. The van der Waals surface area contributed by atoms with E-state index in [1.807, 2.05) is 36.4 Å². The van der Waals surface area contributed by atoms with Crippen molar-refractivity contribution in [1.29, 1.82) is 0 Å². The minimum absolute atomic E-state index is 0.0335. The van der Waals surface area contributed by atoms with Crippen LogP contribution in [0.3, 0.4) is 0 Å². The van der Waals surface area contributed by atoms with E-state index in [-0.39, 0.29) is 5.56 Å². The van der Waals surface area contributed by atoms with Crippen molar-refractivity contribution in [2.45, 2.75) is 6.18 Å². The molecular weight excluding hydrogens is 289 g/mol. The number of carbonyl (C=O) groups is 1. The van der Waals surface area contributed by atoms with Crippen molar-refractivity contribution in [2.75, 3.05) is 0 Å². The SMILES string of the molecule is O=Cc1cc(C(F)(F)F)ccc1-c1cccc2ccccc12. The Bertz CT molecular complexity index is 845. The summed E-state index contributed by atoms with van der Waals surface area (Å²) in [6, 6.07) is 16.4. The molecule has 22 heavy (non-hydrogen) atoms. The van der Waals surface area contributed by atoms with Gasteiger partial charge in [0.05, 0.1) is 5.56 Å². The van der Waals surface area contributed by atoms with Gasteiger partial charge in [0, 0.05) is 5.56 Å². The summed E-state index contributed by atoms with van der Waals surface area (Å²) in [6.07, 6.45) is -4.00. The van der Waals surface area contributed by atoms with E-state index in [1.54, 1.807) is 6.07 Å². The summed E-state index contributed by atoms with van der Waals surface area (Å²) in [7, 11) is 0. The number of benzene rings is 3. The maximum absolute atomic E-state index is 12.8. The van der Waals surface area contributed by atoms with Crippen molar-refractivity contribution in [1.82, 2.24) is 0 Å². The normalized spacial score (nSPS) is 11.6. The molecule has 0 atom stereocenters. The van der Waals surface area contributed by atoms with Crippen LogP contribution in [0.1, 0.15) is 15.9 Å². The van der Waals surface area contributed by atoms with E-state index in [9.17, 15) is 18.0 Å². The van der Waals surface area contributed by atoms with Gasteiger partial charge in [-0.2, -0.15) is 13.2 Å². The Labute approximate surface area is 125 Å². The van der Waals surface area contributed by atoms with E-state index in [4.69, 9.17) is 0 Å². The largest absolute Gasteiger partial charge is 0.416 e. The molecule has 0 radical (unpaired) electrons. The van der Waals surface area contributed by atoms with E-state index in [0.29, 0.717) is 11.8 Å². The summed E-state index contributed by atoms with van der Waals surface area (Å²) in [5.41, 5.74) is 0.457. The fourth-order valence-corrected chi connectivity index (χ4v) is 2.54. The van der Waals surface area contributed by atoms with E-state index in [0.717, 1.165) is 28.5 Å². The molecule has 0 saturated heterocycles. The van der Waals surface area contributed by atoms with Crippen LogP contribution in [0.2, 0.25) is 0 Å². The molecule has 3 aromatic carbocycles. The fourth-order valence-electron chi connectivity index (χ4n) is 2.54. The van der Waals surface area contributed by atoms with Crippen molar-refractivity contribution in [2.24, 2.45) is 0 Å². The lowest BCUT2D eigenvalue weighted by atomic mass is 9.94. The lowest BCUT2D eigenvalue weighted by Gasteiger charge is -2.12. The van der Waals surface area contributed by atoms with Crippen molar-refractivity contribution in [3.63, 3.8) is 0 Å². The van der Waals surface area contributed by atoms with Gasteiger partial charge in [0.25, 0.3) is 0 Å². The highest BCUT2D eigenvalue weighted by molar-refractivity contribution is 6.00. The van der Waals surface area contributed by atoms with Crippen LogP contribution >= 0.6 is 0 Å². The van der Waals surface area contributed by atoms with Crippen molar-refractivity contribution in [3.8, 4) is 11.1 Å². The number of alkyl halides is 3. The summed E-state index contributed by atoms with van der Waals surface area (Å²) in [5.74, 6) is 0. The second-order valence-corrected chi connectivity index (χ2v) is 4.94. The van der Waals surface area contributed by atoms with Gasteiger partial charge < -0.3 is 0 Å². The maximum Gasteiger partial charge on any atom is 0.416 e. The number of aldehydes is 1. The molecule has 0 saturated carbocycles. The van der Waals surface area contributed by atoms with Crippen LogP contribution in [-0.4, -0.2) is 6.29 Å². The van der Waals surface area contributed by atoms with Crippen LogP contribution in [0.25, 0.3) is 21.9 Å². The van der Waals surface area contributed by atoms with E-state index < -0.39 is 11.7 Å². The first-order chi connectivity index (χ1) is 10.5. The number of carbonyl (C=O) groups excluding carboxylic acids is 1. The Kier molecular flexibility index (Phi) is 3.45. The van der Waals surface area contributed by atoms with Gasteiger partial charge >= 0.3 is 6.18 Å². The standard InChI is InChI=1S/C18H11F3O/c19-18(20,21)14-8-9-16(13(10-14)11-22)17-7-3-5-12-4-1-2-6-15(12)17/h1-11H. The highest BCUT2D eigenvalue weighted by Crippen LogP contribution is 2.35. The quantitative estimate of drug-likeness (QED) is 0.584. The van der Waals surface area contributed by atoms with Gasteiger partial charge in [-0.15, -0.1) is 0 Å².